The van der Waals surface area contributed by atoms with Gasteiger partial charge in [0, 0.05) is 3.57 Å². The van der Waals surface area contributed by atoms with Crippen molar-refractivity contribution in [2.45, 2.75) is 20.4 Å². The number of amides is 2. The van der Waals surface area contributed by atoms with Gasteiger partial charge in [0.1, 0.15) is 19.0 Å². The Morgan fingerprint density at radius 3 is 2.33 bits per heavy atom. The summed E-state index contributed by atoms with van der Waals surface area (Å²) in [6.07, 6.45) is 1.71. The fourth-order valence-electron chi connectivity index (χ4n) is 3.51. The van der Waals surface area contributed by atoms with Crippen molar-refractivity contribution >= 4 is 51.6 Å². The molecule has 1 heterocycles. The number of ether oxygens (including phenoxy) is 3. The molecule has 0 N–H and O–H groups in total. The molecule has 4 rings (SSSR count). The largest absolute Gasteiger partial charge is 0.490 e. The van der Waals surface area contributed by atoms with Gasteiger partial charge in [0.15, 0.2) is 11.5 Å². The molecule has 186 valence electrons. The van der Waals surface area contributed by atoms with E-state index >= 15 is 0 Å². The molecule has 2 amide bonds. The van der Waals surface area contributed by atoms with E-state index in [1.807, 2.05) is 74.5 Å². The molecule has 0 aromatic heterocycles. The number of rotatable bonds is 10. The zero-order valence-corrected chi connectivity index (χ0v) is 23.0. The number of hydrogen-bond donors (Lipinski definition) is 0. The molecular weight excluding hydrogens is 589 g/mol. The molecule has 36 heavy (non-hydrogen) atoms. The molecule has 1 saturated heterocycles. The van der Waals surface area contributed by atoms with Gasteiger partial charge in [0.25, 0.3) is 11.1 Å². The van der Waals surface area contributed by atoms with Crippen molar-refractivity contribution in [3.8, 4) is 17.2 Å². The average Bonchev–Trinajstić information content (AvgIpc) is 3.12. The highest BCUT2D eigenvalue weighted by Crippen LogP contribution is 2.35. The first kappa shape index (κ1) is 26.1. The van der Waals surface area contributed by atoms with Crippen molar-refractivity contribution < 1.29 is 23.8 Å². The third kappa shape index (κ3) is 6.82. The van der Waals surface area contributed by atoms with Crippen molar-refractivity contribution in [3.63, 3.8) is 0 Å². The Labute approximate surface area is 228 Å². The molecule has 3 aromatic rings. The van der Waals surface area contributed by atoms with Crippen LogP contribution in [0.2, 0.25) is 0 Å². The van der Waals surface area contributed by atoms with Gasteiger partial charge in [-0.15, -0.1) is 0 Å². The van der Waals surface area contributed by atoms with E-state index in [0.29, 0.717) is 36.2 Å². The van der Waals surface area contributed by atoms with Crippen molar-refractivity contribution in [2.75, 3.05) is 19.8 Å². The first-order chi connectivity index (χ1) is 17.4. The Balaban J connectivity index is 1.40. The first-order valence-electron chi connectivity index (χ1n) is 11.5. The summed E-state index contributed by atoms with van der Waals surface area (Å²) in [5, 5.41) is -0.275. The second-order valence-corrected chi connectivity index (χ2v) is 10.3. The van der Waals surface area contributed by atoms with Crippen LogP contribution in [0.1, 0.15) is 23.6 Å². The van der Waals surface area contributed by atoms with Crippen LogP contribution in [-0.2, 0) is 11.3 Å². The lowest BCUT2D eigenvalue weighted by atomic mass is 10.1. The summed E-state index contributed by atoms with van der Waals surface area (Å²) < 4.78 is 18.5. The minimum Gasteiger partial charge on any atom is -0.490 e. The molecule has 1 aliphatic heterocycles. The Kier molecular flexibility index (Phi) is 8.93. The molecule has 0 spiro atoms. The number of carbonyl (C=O) groups is 2. The predicted molar refractivity (Wildman–Crippen MR) is 150 cm³/mol. The molecule has 0 aliphatic carbocycles. The summed E-state index contributed by atoms with van der Waals surface area (Å²) in [4.78, 5) is 27.1. The van der Waals surface area contributed by atoms with E-state index in [1.165, 1.54) is 10.5 Å². The van der Waals surface area contributed by atoms with Gasteiger partial charge in [-0.05, 0) is 102 Å². The number of hydrogen-bond acceptors (Lipinski definition) is 6. The maximum Gasteiger partial charge on any atom is 0.293 e. The second kappa shape index (κ2) is 12.3. The lowest BCUT2D eigenvalue weighted by Gasteiger charge is -2.13. The van der Waals surface area contributed by atoms with Gasteiger partial charge in [0.05, 0.1) is 18.1 Å². The Morgan fingerprint density at radius 1 is 0.889 bits per heavy atom. The van der Waals surface area contributed by atoms with E-state index in [2.05, 4.69) is 22.6 Å². The van der Waals surface area contributed by atoms with Gasteiger partial charge < -0.3 is 14.2 Å². The van der Waals surface area contributed by atoms with Crippen LogP contribution in [0.5, 0.6) is 17.2 Å². The third-order valence-corrected chi connectivity index (χ3v) is 6.95. The molecule has 1 fully saturated rings. The van der Waals surface area contributed by atoms with Gasteiger partial charge in [-0.2, -0.15) is 0 Å². The lowest BCUT2D eigenvalue weighted by Crippen LogP contribution is -2.27. The monoisotopic (exact) mass is 615 g/mol. The number of imide groups is 1. The first-order valence-corrected chi connectivity index (χ1v) is 13.4. The van der Waals surface area contributed by atoms with E-state index < -0.39 is 0 Å². The van der Waals surface area contributed by atoms with E-state index in [4.69, 9.17) is 14.2 Å². The molecule has 0 bridgehead atoms. The molecule has 8 heteroatoms. The molecule has 0 saturated carbocycles. The van der Waals surface area contributed by atoms with E-state index in [1.54, 1.807) is 12.1 Å². The summed E-state index contributed by atoms with van der Waals surface area (Å²) >= 11 is 3.17. The molecule has 0 atom stereocenters. The molecule has 1 aliphatic rings. The Morgan fingerprint density at radius 2 is 1.61 bits per heavy atom. The van der Waals surface area contributed by atoms with Crippen molar-refractivity contribution in [1.29, 1.82) is 0 Å². The maximum absolute atomic E-state index is 12.9. The standard InChI is InChI=1S/C28H26INO5S/c1-3-33-25-16-21(8-13-24(25)35-15-14-34-23-11-4-19(2)5-12-23)17-26-27(31)30(28(32)36-26)18-20-6-9-22(29)10-7-20/h4-13,16-17H,3,14-15,18H2,1-2H3/b26-17-. The highest BCUT2D eigenvalue weighted by molar-refractivity contribution is 14.1. The number of thioether (sulfide) groups is 1. The molecule has 6 nitrogen and oxygen atoms in total. The van der Waals surface area contributed by atoms with Crippen LogP contribution in [-0.4, -0.2) is 35.9 Å². The lowest BCUT2D eigenvalue weighted by molar-refractivity contribution is -0.123. The van der Waals surface area contributed by atoms with E-state index in [9.17, 15) is 9.59 Å². The minimum atomic E-state index is -0.296. The van der Waals surface area contributed by atoms with Crippen molar-refractivity contribution in [1.82, 2.24) is 4.90 Å². The van der Waals surface area contributed by atoms with Gasteiger partial charge in [-0.3, -0.25) is 14.5 Å². The summed E-state index contributed by atoms with van der Waals surface area (Å²) in [5.74, 6) is 1.66. The van der Waals surface area contributed by atoms with Gasteiger partial charge >= 0.3 is 0 Å². The van der Waals surface area contributed by atoms with Crippen LogP contribution >= 0.6 is 34.4 Å². The number of carbonyl (C=O) groups excluding carboxylic acids is 2. The summed E-state index contributed by atoms with van der Waals surface area (Å²) in [6.45, 7) is 5.39. The molecule has 3 aromatic carbocycles. The maximum atomic E-state index is 12.9. The van der Waals surface area contributed by atoms with Crippen LogP contribution in [0.4, 0.5) is 4.79 Å². The number of benzene rings is 3. The second-order valence-electron chi connectivity index (χ2n) is 8.04. The quantitative estimate of drug-likeness (QED) is 0.144. The SMILES string of the molecule is CCOc1cc(/C=C2\SC(=O)N(Cc3ccc(I)cc3)C2=O)ccc1OCCOc1ccc(C)cc1. The normalized spacial score (nSPS) is 14.4. The number of nitrogens with zero attached hydrogens (tertiary/aromatic N) is 1. The predicted octanol–water partition coefficient (Wildman–Crippen LogP) is 6.69. The fraction of sp³-hybridized carbons (Fsp3) is 0.214. The van der Waals surface area contributed by atoms with Crippen LogP contribution in [0, 0.1) is 10.5 Å². The van der Waals surface area contributed by atoms with Gasteiger partial charge in [-0.1, -0.05) is 35.9 Å². The van der Waals surface area contributed by atoms with Gasteiger partial charge in [0.2, 0.25) is 0 Å². The minimum absolute atomic E-state index is 0.251. The zero-order chi connectivity index (χ0) is 25.5. The van der Waals surface area contributed by atoms with Crippen LogP contribution < -0.4 is 14.2 Å². The van der Waals surface area contributed by atoms with Gasteiger partial charge in [-0.25, -0.2) is 0 Å². The average molecular weight is 615 g/mol. The molecule has 0 radical (unpaired) electrons. The Bertz CT molecular complexity index is 1260. The Hall–Kier alpha value is -2.98. The number of halogens is 1. The third-order valence-electron chi connectivity index (χ3n) is 5.32. The summed E-state index contributed by atoms with van der Waals surface area (Å²) in [6, 6.07) is 21.1. The van der Waals surface area contributed by atoms with Crippen molar-refractivity contribution in [2.24, 2.45) is 0 Å². The zero-order valence-electron chi connectivity index (χ0n) is 20.0. The van der Waals surface area contributed by atoms with E-state index in [-0.39, 0.29) is 17.7 Å². The smallest absolute Gasteiger partial charge is 0.293 e. The highest BCUT2D eigenvalue weighted by atomic mass is 127. The fourth-order valence-corrected chi connectivity index (χ4v) is 4.71. The highest BCUT2D eigenvalue weighted by Gasteiger charge is 2.35. The molecule has 0 unspecified atom stereocenters. The number of aryl methyl sites for hydroxylation is 1. The van der Waals surface area contributed by atoms with Crippen LogP contribution in [0.3, 0.4) is 0 Å². The van der Waals surface area contributed by atoms with Crippen LogP contribution in [0.25, 0.3) is 6.08 Å². The summed E-state index contributed by atoms with van der Waals surface area (Å²) in [7, 11) is 0. The summed E-state index contributed by atoms with van der Waals surface area (Å²) in [5.41, 5.74) is 2.84. The topological polar surface area (TPSA) is 65.1 Å². The van der Waals surface area contributed by atoms with Crippen molar-refractivity contribution in [3.05, 3.63) is 91.9 Å². The molecular formula is C28H26INO5S. The van der Waals surface area contributed by atoms with Crippen LogP contribution in [0.15, 0.2) is 71.6 Å². The van der Waals surface area contributed by atoms with E-state index in [0.717, 1.165) is 32.2 Å².